The van der Waals surface area contributed by atoms with E-state index in [9.17, 15) is 4.79 Å². The van der Waals surface area contributed by atoms with Gasteiger partial charge in [0.15, 0.2) is 0 Å². The Labute approximate surface area is 166 Å². The van der Waals surface area contributed by atoms with Gasteiger partial charge in [0, 0.05) is 51.1 Å². The quantitative estimate of drug-likeness (QED) is 0.818. The first-order valence-corrected chi connectivity index (χ1v) is 10.0. The summed E-state index contributed by atoms with van der Waals surface area (Å²) >= 11 is 0. The minimum absolute atomic E-state index is 0.257. The molecule has 0 atom stereocenters. The molecule has 28 heavy (non-hydrogen) atoms. The number of ether oxygens (including phenoxy) is 2. The maximum Gasteiger partial charge on any atom is 0.233 e. The fourth-order valence-corrected chi connectivity index (χ4v) is 4.38. The highest BCUT2D eigenvalue weighted by atomic mass is 16.5. The van der Waals surface area contributed by atoms with Gasteiger partial charge in [-0.15, -0.1) is 0 Å². The molecule has 2 saturated heterocycles. The van der Waals surface area contributed by atoms with Crippen LogP contribution in [-0.4, -0.2) is 57.3 Å². The molecule has 0 spiro atoms. The summed E-state index contributed by atoms with van der Waals surface area (Å²) in [6.07, 6.45) is 1.51. The molecule has 0 saturated carbocycles. The van der Waals surface area contributed by atoms with Gasteiger partial charge < -0.3 is 19.3 Å². The van der Waals surface area contributed by atoms with E-state index in [0.717, 1.165) is 56.0 Å². The van der Waals surface area contributed by atoms with Crippen molar-refractivity contribution in [1.82, 2.24) is 4.90 Å². The second-order valence-corrected chi connectivity index (χ2v) is 7.54. The zero-order chi connectivity index (χ0) is 19.4. The van der Waals surface area contributed by atoms with E-state index in [1.807, 2.05) is 30.3 Å². The van der Waals surface area contributed by atoms with Crippen molar-refractivity contribution >= 4 is 11.6 Å². The first kappa shape index (κ1) is 18.8. The summed E-state index contributed by atoms with van der Waals surface area (Å²) < 4.78 is 10.9. The number of methoxy groups -OCH3 is 1. The van der Waals surface area contributed by atoms with E-state index in [1.54, 1.807) is 7.11 Å². The lowest BCUT2D eigenvalue weighted by Crippen LogP contribution is -2.56. The van der Waals surface area contributed by atoms with Crippen molar-refractivity contribution in [2.75, 3.05) is 51.4 Å². The third kappa shape index (κ3) is 3.59. The first-order valence-electron chi connectivity index (χ1n) is 10.0. The Kier molecular flexibility index (Phi) is 5.53. The van der Waals surface area contributed by atoms with Gasteiger partial charge in [0.1, 0.15) is 5.75 Å². The van der Waals surface area contributed by atoms with Crippen LogP contribution in [0.25, 0.3) is 0 Å². The van der Waals surface area contributed by atoms with Gasteiger partial charge in [0.05, 0.1) is 12.5 Å². The minimum Gasteiger partial charge on any atom is -0.497 e. The summed E-state index contributed by atoms with van der Waals surface area (Å²) in [5.41, 5.74) is 1.83. The standard InChI is InChI=1S/C23H28N2O3/c1-27-21-9-5-8-20(18-21)24-12-14-25(15-13-24)22(26)23(10-16-28-17-11-23)19-6-3-2-4-7-19/h2-9,18H,10-17H2,1H3. The van der Waals surface area contributed by atoms with E-state index in [0.29, 0.717) is 13.2 Å². The molecule has 1 amide bonds. The summed E-state index contributed by atoms with van der Waals surface area (Å²) in [5, 5.41) is 0. The van der Waals surface area contributed by atoms with Crippen molar-refractivity contribution in [3.63, 3.8) is 0 Å². The molecular weight excluding hydrogens is 352 g/mol. The molecule has 148 valence electrons. The van der Waals surface area contributed by atoms with Gasteiger partial charge in [-0.1, -0.05) is 36.4 Å². The number of hydrogen-bond donors (Lipinski definition) is 0. The maximum absolute atomic E-state index is 13.7. The van der Waals surface area contributed by atoms with Gasteiger partial charge in [-0.05, 0) is 30.5 Å². The van der Waals surface area contributed by atoms with E-state index < -0.39 is 5.41 Å². The van der Waals surface area contributed by atoms with Crippen LogP contribution in [0.3, 0.4) is 0 Å². The van der Waals surface area contributed by atoms with Gasteiger partial charge in [-0.2, -0.15) is 0 Å². The SMILES string of the molecule is COc1cccc(N2CCN(C(=O)C3(c4ccccc4)CCOCC3)CC2)c1. The number of amides is 1. The molecule has 4 rings (SSSR count). The van der Waals surface area contributed by atoms with E-state index in [2.05, 4.69) is 34.1 Å². The summed E-state index contributed by atoms with van der Waals surface area (Å²) in [5.74, 6) is 1.12. The molecule has 2 aliphatic rings. The smallest absolute Gasteiger partial charge is 0.233 e. The van der Waals surface area contributed by atoms with Gasteiger partial charge >= 0.3 is 0 Å². The molecule has 2 heterocycles. The molecule has 5 nitrogen and oxygen atoms in total. The zero-order valence-electron chi connectivity index (χ0n) is 16.5. The molecular formula is C23H28N2O3. The van der Waals surface area contributed by atoms with Crippen molar-refractivity contribution in [2.24, 2.45) is 0 Å². The number of hydrogen-bond acceptors (Lipinski definition) is 4. The Morgan fingerprint density at radius 2 is 1.68 bits per heavy atom. The van der Waals surface area contributed by atoms with Crippen LogP contribution in [0.1, 0.15) is 18.4 Å². The van der Waals surface area contributed by atoms with Gasteiger partial charge in [0.2, 0.25) is 5.91 Å². The fraction of sp³-hybridized carbons (Fsp3) is 0.435. The monoisotopic (exact) mass is 380 g/mol. The summed E-state index contributed by atoms with van der Waals surface area (Å²) in [4.78, 5) is 18.0. The topological polar surface area (TPSA) is 42.0 Å². The number of benzene rings is 2. The number of carbonyl (C=O) groups excluding carboxylic acids is 1. The lowest BCUT2D eigenvalue weighted by atomic mass is 9.73. The van der Waals surface area contributed by atoms with Crippen molar-refractivity contribution in [3.8, 4) is 5.75 Å². The molecule has 2 aromatic rings. The van der Waals surface area contributed by atoms with Crippen LogP contribution < -0.4 is 9.64 Å². The molecule has 2 aromatic carbocycles. The van der Waals surface area contributed by atoms with E-state index in [4.69, 9.17) is 9.47 Å². The van der Waals surface area contributed by atoms with E-state index >= 15 is 0 Å². The molecule has 0 aliphatic carbocycles. The number of carbonyl (C=O) groups is 1. The lowest BCUT2D eigenvalue weighted by molar-refractivity contribution is -0.141. The normalized spacial score (nSPS) is 19.3. The van der Waals surface area contributed by atoms with Gasteiger partial charge in [-0.3, -0.25) is 4.79 Å². The highest BCUT2D eigenvalue weighted by Gasteiger charge is 2.44. The average molecular weight is 380 g/mol. The van der Waals surface area contributed by atoms with Crippen molar-refractivity contribution in [2.45, 2.75) is 18.3 Å². The molecule has 0 bridgehead atoms. The number of rotatable bonds is 4. The Balaban J connectivity index is 1.49. The van der Waals surface area contributed by atoms with E-state index in [-0.39, 0.29) is 5.91 Å². The fourth-order valence-electron chi connectivity index (χ4n) is 4.38. The highest BCUT2D eigenvalue weighted by molar-refractivity contribution is 5.88. The van der Waals surface area contributed by atoms with Crippen molar-refractivity contribution in [3.05, 3.63) is 60.2 Å². The van der Waals surface area contributed by atoms with Crippen LogP contribution in [0.5, 0.6) is 5.75 Å². The predicted octanol–water partition coefficient (Wildman–Crippen LogP) is 3.09. The minimum atomic E-state index is -0.447. The maximum atomic E-state index is 13.7. The summed E-state index contributed by atoms with van der Waals surface area (Å²) in [6, 6.07) is 18.4. The molecule has 5 heteroatoms. The van der Waals surface area contributed by atoms with Crippen LogP contribution in [0.4, 0.5) is 5.69 Å². The van der Waals surface area contributed by atoms with Crippen molar-refractivity contribution < 1.29 is 14.3 Å². The summed E-state index contributed by atoms with van der Waals surface area (Å²) in [6.45, 7) is 4.44. The third-order valence-electron chi connectivity index (χ3n) is 6.07. The highest BCUT2D eigenvalue weighted by Crippen LogP contribution is 2.37. The molecule has 2 fully saturated rings. The van der Waals surface area contributed by atoms with Gasteiger partial charge in [0.25, 0.3) is 0 Å². The Bertz CT molecular complexity index is 795. The molecule has 0 radical (unpaired) electrons. The third-order valence-corrected chi connectivity index (χ3v) is 6.07. The zero-order valence-corrected chi connectivity index (χ0v) is 16.5. The number of piperazine rings is 1. The van der Waals surface area contributed by atoms with Crippen LogP contribution in [0, 0.1) is 0 Å². The number of nitrogens with zero attached hydrogens (tertiary/aromatic N) is 2. The van der Waals surface area contributed by atoms with Crippen LogP contribution >= 0.6 is 0 Å². The molecule has 0 N–H and O–H groups in total. The van der Waals surface area contributed by atoms with Crippen LogP contribution in [0.2, 0.25) is 0 Å². The molecule has 0 aromatic heterocycles. The predicted molar refractivity (Wildman–Crippen MR) is 110 cm³/mol. The Morgan fingerprint density at radius 1 is 0.964 bits per heavy atom. The largest absolute Gasteiger partial charge is 0.497 e. The van der Waals surface area contributed by atoms with Crippen LogP contribution in [-0.2, 0) is 14.9 Å². The van der Waals surface area contributed by atoms with Crippen LogP contribution in [0.15, 0.2) is 54.6 Å². The molecule has 2 aliphatic heterocycles. The molecule has 0 unspecified atom stereocenters. The summed E-state index contributed by atoms with van der Waals surface area (Å²) in [7, 11) is 1.69. The average Bonchev–Trinajstić information content (AvgIpc) is 2.80. The second-order valence-electron chi connectivity index (χ2n) is 7.54. The Morgan fingerprint density at radius 3 is 2.36 bits per heavy atom. The first-order chi connectivity index (χ1) is 13.7. The van der Waals surface area contributed by atoms with Gasteiger partial charge in [-0.25, -0.2) is 0 Å². The van der Waals surface area contributed by atoms with E-state index in [1.165, 1.54) is 0 Å². The second kappa shape index (κ2) is 8.23. The number of anilines is 1. The lowest BCUT2D eigenvalue weighted by Gasteiger charge is -2.43. The van der Waals surface area contributed by atoms with Crippen molar-refractivity contribution in [1.29, 1.82) is 0 Å². The Hall–Kier alpha value is -2.53.